The van der Waals surface area contributed by atoms with E-state index in [4.69, 9.17) is 4.74 Å². The Morgan fingerprint density at radius 3 is 2.53 bits per heavy atom. The number of carbonyl (C=O) groups is 1. The van der Waals surface area contributed by atoms with Crippen LogP contribution in [0.1, 0.15) is 44.9 Å². The molecule has 2 atom stereocenters. The van der Waals surface area contributed by atoms with Crippen LogP contribution in [0.25, 0.3) is 0 Å². The highest BCUT2D eigenvalue weighted by Gasteiger charge is 2.34. The van der Waals surface area contributed by atoms with E-state index in [2.05, 4.69) is 10.6 Å². The molecule has 0 aromatic carbocycles. The third-order valence-corrected chi connectivity index (χ3v) is 4.66. The summed E-state index contributed by atoms with van der Waals surface area (Å²) in [5.74, 6) is 1.60. The molecule has 0 aromatic heterocycles. The average Bonchev–Trinajstić information content (AvgIpc) is 3.14. The normalized spacial score (nSPS) is 33.4. The van der Waals surface area contributed by atoms with E-state index in [1.54, 1.807) is 0 Å². The molecule has 1 amide bonds. The summed E-state index contributed by atoms with van der Waals surface area (Å²) in [5.41, 5.74) is 0. The molecule has 1 saturated carbocycles. The van der Waals surface area contributed by atoms with E-state index >= 15 is 0 Å². The van der Waals surface area contributed by atoms with Crippen molar-refractivity contribution in [1.82, 2.24) is 10.6 Å². The molecule has 3 rings (SSSR count). The van der Waals surface area contributed by atoms with Crippen molar-refractivity contribution in [3.8, 4) is 0 Å². The van der Waals surface area contributed by atoms with Crippen LogP contribution in [-0.2, 0) is 9.53 Å². The maximum atomic E-state index is 11.9. The third kappa shape index (κ3) is 4.18. The average molecular weight is 266 g/mol. The van der Waals surface area contributed by atoms with Gasteiger partial charge in [-0.1, -0.05) is 0 Å². The van der Waals surface area contributed by atoms with Crippen molar-refractivity contribution in [3.05, 3.63) is 0 Å². The van der Waals surface area contributed by atoms with Crippen molar-refractivity contribution in [2.75, 3.05) is 19.8 Å². The lowest BCUT2D eigenvalue weighted by atomic mass is 9.89. The number of rotatable bonds is 7. The first-order chi connectivity index (χ1) is 9.29. The summed E-state index contributed by atoms with van der Waals surface area (Å²) in [6.07, 6.45) is 8.33. The second-order valence-corrected chi connectivity index (χ2v) is 6.55. The molecule has 0 aromatic rings. The summed E-state index contributed by atoms with van der Waals surface area (Å²) >= 11 is 0. The Bertz CT molecular complexity index is 305. The minimum absolute atomic E-state index is 0.210. The standard InChI is InChI=1S/C15H26N2O2/c18-15(16-5-6-19-10-11-1-2-11)9-12-7-13-3-4-14(8-12)17-13/h11-14,17H,1-10H2,(H,16,18). The van der Waals surface area contributed by atoms with E-state index in [9.17, 15) is 4.79 Å². The molecule has 4 heteroatoms. The lowest BCUT2D eigenvalue weighted by molar-refractivity contribution is -0.122. The first kappa shape index (κ1) is 13.4. The molecule has 19 heavy (non-hydrogen) atoms. The van der Waals surface area contributed by atoms with Gasteiger partial charge in [-0.25, -0.2) is 0 Å². The summed E-state index contributed by atoms with van der Waals surface area (Å²) in [6.45, 7) is 2.22. The smallest absolute Gasteiger partial charge is 0.220 e. The number of nitrogens with one attached hydrogen (secondary N) is 2. The fourth-order valence-electron chi connectivity index (χ4n) is 3.47. The van der Waals surface area contributed by atoms with Crippen molar-refractivity contribution in [1.29, 1.82) is 0 Å². The molecule has 2 heterocycles. The molecule has 4 nitrogen and oxygen atoms in total. The van der Waals surface area contributed by atoms with Crippen LogP contribution < -0.4 is 10.6 Å². The summed E-state index contributed by atoms with van der Waals surface area (Å²) in [6, 6.07) is 1.36. The minimum atomic E-state index is 0.210. The van der Waals surface area contributed by atoms with Crippen LogP contribution in [0.4, 0.5) is 0 Å². The fourth-order valence-corrected chi connectivity index (χ4v) is 3.47. The van der Waals surface area contributed by atoms with Gasteiger partial charge in [-0.3, -0.25) is 4.79 Å². The van der Waals surface area contributed by atoms with Crippen LogP contribution in [-0.4, -0.2) is 37.7 Å². The zero-order chi connectivity index (χ0) is 13.1. The molecule has 108 valence electrons. The van der Waals surface area contributed by atoms with Gasteiger partial charge >= 0.3 is 0 Å². The van der Waals surface area contributed by atoms with Gasteiger partial charge in [0.1, 0.15) is 0 Å². The number of fused-ring (bicyclic) bond motifs is 2. The van der Waals surface area contributed by atoms with E-state index in [1.165, 1.54) is 38.5 Å². The maximum Gasteiger partial charge on any atom is 0.220 e. The van der Waals surface area contributed by atoms with Crippen LogP contribution >= 0.6 is 0 Å². The first-order valence-electron chi connectivity index (χ1n) is 7.90. The second-order valence-electron chi connectivity index (χ2n) is 6.55. The van der Waals surface area contributed by atoms with Crippen LogP contribution in [0.2, 0.25) is 0 Å². The van der Waals surface area contributed by atoms with Gasteiger partial charge < -0.3 is 15.4 Å². The summed E-state index contributed by atoms with van der Waals surface area (Å²) in [7, 11) is 0. The van der Waals surface area contributed by atoms with Crippen molar-refractivity contribution in [2.45, 2.75) is 57.0 Å². The number of ether oxygens (including phenoxy) is 1. The Hall–Kier alpha value is -0.610. The molecule has 2 unspecified atom stereocenters. The zero-order valence-corrected chi connectivity index (χ0v) is 11.7. The van der Waals surface area contributed by atoms with E-state index in [0.717, 1.165) is 12.5 Å². The topological polar surface area (TPSA) is 50.4 Å². The van der Waals surface area contributed by atoms with Gasteiger partial charge in [-0.15, -0.1) is 0 Å². The van der Waals surface area contributed by atoms with E-state index < -0.39 is 0 Å². The predicted octanol–water partition coefficient (Wildman–Crippen LogP) is 1.45. The number of hydrogen-bond donors (Lipinski definition) is 2. The van der Waals surface area contributed by atoms with E-state index in [1.807, 2.05) is 0 Å². The highest BCUT2D eigenvalue weighted by molar-refractivity contribution is 5.76. The molecule has 3 fully saturated rings. The second kappa shape index (κ2) is 6.23. The largest absolute Gasteiger partial charge is 0.379 e. The minimum Gasteiger partial charge on any atom is -0.379 e. The number of carbonyl (C=O) groups excluding carboxylic acids is 1. The van der Waals surface area contributed by atoms with Crippen LogP contribution in [0.5, 0.6) is 0 Å². The molecule has 1 aliphatic carbocycles. The Morgan fingerprint density at radius 2 is 1.84 bits per heavy atom. The van der Waals surface area contributed by atoms with Crippen LogP contribution in [0.15, 0.2) is 0 Å². The SMILES string of the molecule is O=C(CC1CC2CCC(C1)N2)NCCOCC1CC1. The molecule has 2 saturated heterocycles. The Morgan fingerprint density at radius 1 is 1.11 bits per heavy atom. The number of amides is 1. The van der Waals surface area contributed by atoms with Gasteiger partial charge in [0.05, 0.1) is 6.61 Å². The van der Waals surface area contributed by atoms with E-state index in [-0.39, 0.29) is 5.91 Å². The van der Waals surface area contributed by atoms with Crippen LogP contribution in [0, 0.1) is 11.8 Å². The summed E-state index contributed by atoms with van der Waals surface area (Å²) in [5, 5.41) is 6.61. The third-order valence-electron chi connectivity index (χ3n) is 4.66. The van der Waals surface area contributed by atoms with Crippen molar-refractivity contribution < 1.29 is 9.53 Å². The van der Waals surface area contributed by atoms with Gasteiger partial charge in [-0.05, 0) is 50.4 Å². The quantitative estimate of drug-likeness (QED) is 0.686. The molecule has 2 aliphatic heterocycles. The molecule has 0 radical (unpaired) electrons. The van der Waals surface area contributed by atoms with E-state index in [0.29, 0.717) is 37.6 Å². The van der Waals surface area contributed by atoms with Crippen molar-refractivity contribution in [2.24, 2.45) is 11.8 Å². The molecular formula is C15H26N2O2. The summed E-state index contributed by atoms with van der Waals surface area (Å²) in [4.78, 5) is 11.9. The van der Waals surface area contributed by atoms with Gasteiger partial charge in [0, 0.05) is 31.7 Å². The van der Waals surface area contributed by atoms with Gasteiger partial charge in [0.15, 0.2) is 0 Å². The number of piperidine rings is 1. The molecule has 2 N–H and O–H groups in total. The fraction of sp³-hybridized carbons (Fsp3) is 0.933. The highest BCUT2D eigenvalue weighted by atomic mass is 16.5. The molecule has 0 spiro atoms. The first-order valence-corrected chi connectivity index (χ1v) is 7.90. The van der Waals surface area contributed by atoms with Gasteiger partial charge in [0.25, 0.3) is 0 Å². The Kier molecular flexibility index (Phi) is 4.38. The number of hydrogen-bond acceptors (Lipinski definition) is 3. The monoisotopic (exact) mass is 266 g/mol. The molecular weight excluding hydrogens is 240 g/mol. The van der Waals surface area contributed by atoms with Gasteiger partial charge in [-0.2, -0.15) is 0 Å². The maximum absolute atomic E-state index is 11.9. The lowest BCUT2D eigenvalue weighted by Crippen LogP contribution is -2.40. The van der Waals surface area contributed by atoms with Crippen molar-refractivity contribution >= 4 is 5.91 Å². The Labute approximate surface area is 115 Å². The van der Waals surface area contributed by atoms with Gasteiger partial charge in [0.2, 0.25) is 5.91 Å². The summed E-state index contributed by atoms with van der Waals surface area (Å²) < 4.78 is 5.52. The molecule has 3 aliphatic rings. The highest BCUT2D eigenvalue weighted by Crippen LogP contribution is 2.32. The lowest BCUT2D eigenvalue weighted by Gasteiger charge is -2.28. The van der Waals surface area contributed by atoms with Crippen LogP contribution in [0.3, 0.4) is 0 Å². The molecule has 2 bridgehead atoms. The zero-order valence-electron chi connectivity index (χ0n) is 11.7. The Balaban J connectivity index is 1.26. The van der Waals surface area contributed by atoms with Crippen molar-refractivity contribution in [3.63, 3.8) is 0 Å². The predicted molar refractivity (Wildman–Crippen MR) is 73.8 cm³/mol.